The van der Waals surface area contributed by atoms with Gasteiger partial charge in [0.25, 0.3) is 0 Å². The Bertz CT molecular complexity index is 537. The first-order valence-electron chi connectivity index (χ1n) is 5.73. The molecule has 1 atom stereocenters. The molecule has 5 heteroatoms. The van der Waals surface area contributed by atoms with Gasteiger partial charge in [0.2, 0.25) is 0 Å². The van der Waals surface area contributed by atoms with Crippen molar-refractivity contribution in [3.63, 3.8) is 0 Å². The minimum atomic E-state index is -0.0637. The quantitative estimate of drug-likeness (QED) is 0.925. The van der Waals surface area contributed by atoms with E-state index in [0.29, 0.717) is 11.8 Å². The van der Waals surface area contributed by atoms with Crippen LogP contribution in [0.15, 0.2) is 30.5 Å². The topological polar surface area (TPSA) is 53.1 Å². The first-order chi connectivity index (χ1) is 8.59. The molecule has 96 valence electrons. The summed E-state index contributed by atoms with van der Waals surface area (Å²) >= 11 is 5.92. The predicted molar refractivity (Wildman–Crippen MR) is 71.6 cm³/mol. The summed E-state index contributed by atoms with van der Waals surface area (Å²) in [6, 6.07) is 7.68. The maximum absolute atomic E-state index is 5.92. The Labute approximate surface area is 111 Å². The van der Waals surface area contributed by atoms with Gasteiger partial charge in [-0.3, -0.25) is 0 Å². The minimum absolute atomic E-state index is 0.0637. The third-order valence-corrected chi connectivity index (χ3v) is 3.15. The van der Waals surface area contributed by atoms with Crippen LogP contribution in [0.5, 0.6) is 5.75 Å². The van der Waals surface area contributed by atoms with Crippen LogP contribution in [0.2, 0.25) is 5.15 Å². The van der Waals surface area contributed by atoms with Crippen LogP contribution in [0.25, 0.3) is 0 Å². The first-order valence-corrected chi connectivity index (χ1v) is 6.10. The number of hydrogen-bond acceptors (Lipinski definition) is 3. The largest absolute Gasteiger partial charge is 0.485 e. The SMILES string of the molecule is C[C@H](N)c1ccccc1OCc1ncc(Cl)n1C. The van der Waals surface area contributed by atoms with Gasteiger partial charge >= 0.3 is 0 Å². The molecule has 0 radical (unpaired) electrons. The Balaban J connectivity index is 2.13. The Morgan fingerprint density at radius 2 is 2.17 bits per heavy atom. The fourth-order valence-corrected chi connectivity index (χ4v) is 1.84. The molecule has 1 aromatic heterocycles. The van der Waals surface area contributed by atoms with Gasteiger partial charge in [0, 0.05) is 18.7 Å². The van der Waals surface area contributed by atoms with Gasteiger partial charge in [-0.05, 0) is 13.0 Å². The maximum Gasteiger partial charge on any atom is 0.147 e. The van der Waals surface area contributed by atoms with Crippen LogP contribution < -0.4 is 10.5 Å². The summed E-state index contributed by atoms with van der Waals surface area (Å²) in [5, 5.41) is 0.592. The molecule has 0 saturated carbocycles. The standard InChI is InChI=1S/C13H16ClN3O/c1-9(15)10-5-3-4-6-11(10)18-8-13-16-7-12(14)17(13)2/h3-7,9H,8,15H2,1-2H3/t9-/m0/s1. The number of ether oxygens (including phenoxy) is 1. The Morgan fingerprint density at radius 3 is 2.78 bits per heavy atom. The monoisotopic (exact) mass is 265 g/mol. The van der Waals surface area contributed by atoms with Crippen molar-refractivity contribution in [1.82, 2.24) is 9.55 Å². The van der Waals surface area contributed by atoms with Crippen molar-refractivity contribution >= 4 is 11.6 Å². The van der Waals surface area contributed by atoms with Gasteiger partial charge in [-0.25, -0.2) is 4.98 Å². The molecule has 0 fully saturated rings. The lowest BCUT2D eigenvalue weighted by Crippen LogP contribution is -2.09. The second-order valence-corrected chi connectivity index (χ2v) is 4.56. The summed E-state index contributed by atoms with van der Waals surface area (Å²) in [4.78, 5) is 4.18. The zero-order chi connectivity index (χ0) is 13.1. The van der Waals surface area contributed by atoms with Gasteiger partial charge < -0.3 is 15.0 Å². The van der Waals surface area contributed by atoms with E-state index in [0.717, 1.165) is 17.1 Å². The molecule has 0 aliphatic rings. The number of hydrogen-bond donors (Lipinski definition) is 1. The van der Waals surface area contributed by atoms with Crippen LogP contribution in [0, 0.1) is 0 Å². The summed E-state index contributed by atoms with van der Waals surface area (Å²) in [7, 11) is 1.85. The van der Waals surface area contributed by atoms with E-state index < -0.39 is 0 Å². The molecule has 4 nitrogen and oxygen atoms in total. The minimum Gasteiger partial charge on any atom is -0.485 e. The number of nitrogens with zero attached hydrogens (tertiary/aromatic N) is 2. The number of nitrogens with two attached hydrogens (primary N) is 1. The number of para-hydroxylation sites is 1. The molecule has 2 N–H and O–H groups in total. The van der Waals surface area contributed by atoms with E-state index in [1.54, 1.807) is 10.8 Å². The van der Waals surface area contributed by atoms with Crippen molar-refractivity contribution in [3.8, 4) is 5.75 Å². The highest BCUT2D eigenvalue weighted by atomic mass is 35.5. The molecule has 0 spiro atoms. The lowest BCUT2D eigenvalue weighted by Gasteiger charge is -2.13. The highest BCUT2D eigenvalue weighted by Gasteiger charge is 2.09. The van der Waals surface area contributed by atoms with Crippen molar-refractivity contribution < 1.29 is 4.74 Å². The number of halogens is 1. The van der Waals surface area contributed by atoms with Crippen molar-refractivity contribution in [2.45, 2.75) is 19.6 Å². The Morgan fingerprint density at radius 1 is 1.44 bits per heavy atom. The normalized spacial score (nSPS) is 12.4. The summed E-state index contributed by atoms with van der Waals surface area (Å²) in [5.74, 6) is 1.56. The molecular formula is C13H16ClN3O. The van der Waals surface area contributed by atoms with Gasteiger partial charge in [0.15, 0.2) is 0 Å². The van der Waals surface area contributed by atoms with Crippen LogP contribution in [-0.2, 0) is 13.7 Å². The van der Waals surface area contributed by atoms with Crippen LogP contribution in [0.3, 0.4) is 0 Å². The highest BCUT2D eigenvalue weighted by molar-refractivity contribution is 6.29. The zero-order valence-corrected chi connectivity index (χ0v) is 11.2. The number of rotatable bonds is 4. The predicted octanol–water partition coefficient (Wildman–Crippen LogP) is 2.67. The molecule has 0 unspecified atom stereocenters. The molecule has 0 bridgehead atoms. The molecule has 0 aliphatic carbocycles. The molecule has 1 heterocycles. The third kappa shape index (κ3) is 2.66. The van der Waals surface area contributed by atoms with Crippen molar-refractivity contribution in [1.29, 1.82) is 0 Å². The lowest BCUT2D eigenvalue weighted by molar-refractivity contribution is 0.287. The van der Waals surface area contributed by atoms with Crippen molar-refractivity contribution in [2.24, 2.45) is 12.8 Å². The van der Waals surface area contributed by atoms with Crippen LogP contribution >= 0.6 is 11.6 Å². The summed E-state index contributed by atoms with van der Waals surface area (Å²) < 4.78 is 7.54. The molecule has 0 amide bonds. The lowest BCUT2D eigenvalue weighted by atomic mass is 10.1. The molecule has 2 aromatic rings. The van der Waals surface area contributed by atoms with E-state index >= 15 is 0 Å². The smallest absolute Gasteiger partial charge is 0.147 e. The fraction of sp³-hybridized carbons (Fsp3) is 0.308. The number of imidazole rings is 1. The average molecular weight is 266 g/mol. The van der Waals surface area contributed by atoms with E-state index in [2.05, 4.69) is 4.98 Å². The van der Waals surface area contributed by atoms with E-state index in [9.17, 15) is 0 Å². The summed E-state index contributed by atoms with van der Waals surface area (Å²) in [6.45, 7) is 2.30. The van der Waals surface area contributed by atoms with Crippen molar-refractivity contribution in [2.75, 3.05) is 0 Å². The summed E-state index contributed by atoms with van der Waals surface area (Å²) in [5.41, 5.74) is 6.88. The Hall–Kier alpha value is -1.52. The van der Waals surface area contributed by atoms with Crippen molar-refractivity contribution in [3.05, 3.63) is 47.0 Å². The molecule has 1 aromatic carbocycles. The van der Waals surface area contributed by atoms with Gasteiger partial charge in [-0.1, -0.05) is 29.8 Å². The van der Waals surface area contributed by atoms with E-state index in [1.165, 1.54) is 0 Å². The molecule has 0 saturated heterocycles. The molecular weight excluding hydrogens is 250 g/mol. The van der Waals surface area contributed by atoms with E-state index in [-0.39, 0.29) is 6.04 Å². The van der Waals surface area contributed by atoms with Gasteiger partial charge in [-0.2, -0.15) is 0 Å². The van der Waals surface area contributed by atoms with Gasteiger partial charge in [-0.15, -0.1) is 0 Å². The van der Waals surface area contributed by atoms with Gasteiger partial charge in [0.1, 0.15) is 23.3 Å². The molecule has 18 heavy (non-hydrogen) atoms. The average Bonchev–Trinajstić information content (AvgIpc) is 2.68. The number of benzene rings is 1. The molecule has 0 aliphatic heterocycles. The van der Waals surface area contributed by atoms with Crippen LogP contribution in [0.4, 0.5) is 0 Å². The maximum atomic E-state index is 5.92. The van der Waals surface area contributed by atoms with E-state index in [1.807, 2.05) is 38.2 Å². The zero-order valence-electron chi connectivity index (χ0n) is 10.4. The summed E-state index contributed by atoms with van der Waals surface area (Å²) in [6.07, 6.45) is 1.61. The van der Waals surface area contributed by atoms with E-state index in [4.69, 9.17) is 22.1 Å². The highest BCUT2D eigenvalue weighted by Crippen LogP contribution is 2.24. The first kappa shape index (κ1) is 12.9. The number of aromatic nitrogens is 2. The van der Waals surface area contributed by atoms with Crippen LogP contribution in [0.1, 0.15) is 24.4 Å². The second kappa shape index (κ2) is 5.42. The second-order valence-electron chi connectivity index (χ2n) is 4.17. The third-order valence-electron chi connectivity index (χ3n) is 2.79. The van der Waals surface area contributed by atoms with Crippen LogP contribution in [-0.4, -0.2) is 9.55 Å². The Kier molecular flexibility index (Phi) is 3.89. The van der Waals surface area contributed by atoms with Gasteiger partial charge in [0.05, 0.1) is 6.20 Å². The fourth-order valence-electron chi connectivity index (χ4n) is 1.69. The molecule has 2 rings (SSSR count).